The van der Waals surface area contributed by atoms with E-state index in [0.29, 0.717) is 6.61 Å². The minimum atomic E-state index is -4.60. The summed E-state index contributed by atoms with van der Waals surface area (Å²) in [6.45, 7) is 3.88. The third-order valence-electron chi connectivity index (χ3n) is 8.14. The highest BCUT2D eigenvalue weighted by Crippen LogP contribution is 2.43. The summed E-state index contributed by atoms with van der Waals surface area (Å²) in [5.41, 5.74) is 5.33. The Morgan fingerprint density at radius 2 is 1.00 bits per heavy atom. The number of carbonyl (C=O) groups excluding carboxylic acids is 1. The summed E-state index contributed by atoms with van der Waals surface area (Å²) in [6, 6.07) is -1.47. The topological polar surface area (TPSA) is 155 Å². The van der Waals surface area contributed by atoms with Crippen molar-refractivity contribution in [2.24, 2.45) is 5.73 Å². The lowest BCUT2D eigenvalue weighted by molar-refractivity contribution is -0.154. The highest BCUT2D eigenvalue weighted by atomic mass is 31.2. The van der Waals surface area contributed by atoms with Crippen LogP contribution in [0.5, 0.6) is 0 Å². The molecular weight excluding hydrogens is 609 g/mol. The van der Waals surface area contributed by atoms with Crippen molar-refractivity contribution >= 4 is 19.8 Å². The molecule has 0 bridgehead atoms. The molecule has 11 heteroatoms. The zero-order valence-corrected chi connectivity index (χ0v) is 30.3. The first-order valence-corrected chi connectivity index (χ1v) is 20.1. The lowest BCUT2D eigenvalue weighted by Gasteiger charge is -2.20. The van der Waals surface area contributed by atoms with Crippen molar-refractivity contribution in [3.63, 3.8) is 0 Å². The molecule has 0 aromatic carbocycles. The molecule has 0 saturated carbocycles. The molecule has 0 aliphatic rings. The first-order chi connectivity index (χ1) is 22.2. The lowest BCUT2D eigenvalue weighted by atomic mass is 10.0. The lowest BCUT2D eigenvalue weighted by Crippen LogP contribution is -2.34. The molecule has 46 heavy (non-hydrogen) atoms. The van der Waals surface area contributed by atoms with Crippen LogP contribution < -0.4 is 5.73 Å². The van der Waals surface area contributed by atoms with Gasteiger partial charge in [-0.1, -0.05) is 155 Å². The largest absolute Gasteiger partial charge is 0.480 e. The molecule has 3 atom stereocenters. The molecular formula is C35H70NO9P. The average Bonchev–Trinajstić information content (AvgIpc) is 3.03. The quantitative estimate of drug-likeness (QED) is 0.0331. The van der Waals surface area contributed by atoms with Gasteiger partial charge < -0.3 is 25.2 Å². The Balaban J connectivity index is 4.29. The van der Waals surface area contributed by atoms with Crippen molar-refractivity contribution < 1.29 is 42.7 Å². The molecule has 274 valence electrons. The summed E-state index contributed by atoms with van der Waals surface area (Å²) >= 11 is 0. The molecule has 0 aromatic rings. The van der Waals surface area contributed by atoms with Gasteiger partial charge in [0.1, 0.15) is 12.1 Å². The molecule has 3 unspecified atom stereocenters. The Bertz CT molecular complexity index is 756. The molecule has 4 N–H and O–H groups in total. The van der Waals surface area contributed by atoms with Gasteiger partial charge in [0, 0.05) is 13.0 Å². The van der Waals surface area contributed by atoms with Crippen molar-refractivity contribution in [2.75, 3.05) is 26.4 Å². The Kier molecular flexibility index (Phi) is 31.8. The van der Waals surface area contributed by atoms with Gasteiger partial charge >= 0.3 is 19.8 Å². The Hall–Kier alpha value is -1.03. The number of nitrogens with two attached hydrogens (primary N) is 1. The van der Waals surface area contributed by atoms with Gasteiger partial charge in [0.15, 0.2) is 0 Å². The maximum Gasteiger partial charge on any atom is 0.472 e. The zero-order chi connectivity index (χ0) is 34.1. The van der Waals surface area contributed by atoms with E-state index >= 15 is 0 Å². The molecule has 10 nitrogen and oxygen atoms in total. The van der Waals surface area contributed by atoms with Gasteiger partial charge in [0.2, 0.25) is 0 Å². The van der Waals surface area contributed by atoms with Crippen molar-refractivity contribution in [2.45, 2.75) is 187 Å². The van der Waals surface area contributed by atoms with Crippen LogP contribution in [-0.2, 0) is 32.7 Å². The number of hydrogen-bond acceptors (Lipinski definition) is 8. The number of unbranched alkanes of at least 4 members (excludes halogenated alkanes) is 22. The molecule has 0 rings (SSSR count). The number of carboxylic acids is 1. The van der Waals surface area contributed by atoms with Gasteiger partial charge in [-0.25, -0.2) is 4.57 Å². The number of phosphoric acid groups is 1. The van der Waals surface area contributed by atoms with Gasteiger partial charge in [-0.2, -0.15) is 0 Å². The molecule has 0 heterocycles. The van der Waals surface area contributed by atoms with Crippen LogP contribution in [0.2, 0.25) is 0 Å². The van der Waals surface area contributed by atoms with Crippen LogP contribution in [0.4, 0.5) is 0 Å². The Morgan fingerprint density at radius 3 is 1.43 bits per heavy atom. The van der Waals surface area contributed by atoms with E-state index in [-0.39, 0.29) is 13.0 Å². The normalized spacial score (nSPS) is 14.2. The van der Waals surface area contributed by atoms with Crippen LogP contribution in [0.3, 0.4) is 0 Å². The van der Waals surface area contributed by atoms with Crippen LogP contribution in [-0.4, -0.2) is 60.5 Å². The van der Waals surface area contributed by atoms with Gasteiger partial charge in [0.05, 0.1) is 19.8 Å². The number of ether oxygens (including phenoxy) is 2. The highest BCUT2D eigenvalue weighted by Gasteiger charge is 2.27. The fraction of sp³-hybridized carbons (Fsp3) is 0.943. The van der Waals surface area contributed by atoms with E-state index in [4.69, 9.17) is 24.8 Å². The summed E-state index contributed by atoms with van der Waals surface area (Å²) < 4.78 is 33.1. The second kappa shape index (κ2) is 32.5. The SMILES string of the molecule is CCCCCCCCCCCCCCCC(=O)OC(COCCCCCCCCCCCCC)COP(=O)(O)OCC(N)C(=O)O. The standard InChI is InChI=1S/C35H70NO9P/c1-3-5-7-9-11-13-15-16-17-19-21-23-25-27-34(37)45-32(30-43-46(40,41)44-31-33(36)35(38)39)29-42-28-26-24-22-20-18-14-12-10-8-6-4-2/h32-33H,3-31,36H2,1-2H3,(H,38,39)(H,40,41). The number of phosphoric ester groups is 1. The summed E-state index contributed by atoms with van der Waals surface area (Å²) in [7, 11) is -4.60. The van der Waals surface area contributed by atoms with E-state index in [2.05, 4.69) is 18.4 Å². The number of hydrogen-bond donors (Lipinski definition) is 3. The van der Waals surface area contributed by atoms with Crippen molar-refractivity contribution in [3.8, 4) is 0 Å². The van der Waals surface area contributed by atoms with Gasteiger partial charge in [-0.15, -0.1) is 0 Å². The Morgan fingerprint density at radius 1 is 0.609 bits per heavy atom. The van der Waals surface area contributed by atoms with Crippen LogP contribution in [0, 0.1) is 0 Å². The molecule has 0 aliphatic heterocycles. The van der Waals surface area contributed by atoms with E-state index in [1.807, 2.05) is 0 Å². The number of carboxylic acid groups (broad SMARTS) is 1. The summed E-state index contributed by atoms with van der Waals surface area (Å²) in [5, 5.41) is 8.85. The predicted molar refractivity (Wildman–Crippen MR) is 185 cm³/mol. The number of rotatable bonds is 36. The average molecular weight is 680 g/mol. The first-order valence-electron chi connectivity index (χ1n) is 18.6. The minimum absolute atomic E-state index is 0.0245. The first kappa shape index (κ1) is 45.0. The predicted octanol–water partition coefficient (Wildman–Crippen LogP) is 9.25. The molecule has 0 amide bonds. The molecule has 0 aliphatic carbocycles. The number of esters is 1. The van der Waals surface area contributed by atoms with Gasteiger partial charge in [-0.05, 0) is 12.8 Å². The van der Waals surface area contributed by atoms with E-state index in [9.17, 15) is 19.0 Å². The molecule has 0 spiro atoms. The van der Waals surface area contributed by atoms with Crippen molar-refractivity contribution in [3.05, 3.63) is 0 Å². The van der Waals surface area contributed by atoms with Crippen LogP contribution >= 0.6 is 7.82 Å². The summed E-state index contributed by atoms with van der Waals surface area (Å²) in [4.78, 5) is 33.3. The van der Waals surface area contributed by atoms with E-state index < -0.39 is 45.1 Å². The minimum Gasteiger partial charge on any atom is -0.480 e. The van der Waals surface area contributed by atoms with E-state index in [1.54, 1.807) is 0 Å². The fourth-order valence-electron chi connectivity index (χ4n) is 5.19. The third-order valence-corrected chi connectivity index (χ3v) is 9.09. The maximum atomic E-state index is 12.5. The van der Waals surface area contributed by atoms with E-state index in [0.717, 1.165) is 38.5 Å². The number of carbonyl (C=O) groups is 2. The van der Waals surface area contributed by atoms with Crippen molar-refractivity contribution in [1.29, 1.82) is 0 Å². The summed E-state index contributed by atoms with van der Waals surface area (Å²) in [6.07, 6.45) is 28.6. The van der Waals surface area contributed by atoms with E-state index in [1.165, 1.54) is 116 Å². The smallest absolute Gasteiger partial charge is 0.472 e. The highest BCUT2D eigenvalue weighted by molar-refractivity contribution is 7.47. The second-order valence-electron chi connectivity index (χ2n) is 12.7. The molecule has 0 aromatic heterocycles. The van der Waals surface area contributed by atoms with Crippen molar-refractivity contribution in [1.82, 2.24) is 0 Å². The van der Waals surface area contributed by atoms with Crippen LogP contribution in [0.15, 0.2) is 0 Å². The molecule has 0 fully saturated rings. The van der Waals surface area contributed by atoms with Gasteiger partial charge in [-0.3, -0.25) is 18.6 Å². The maximum absolute atomic E-state index is 12.5. The van der Waals surface area contributed by atoms with Crippen LogP contribution in [0.1, 0.15) is 174 Å². The Labute approximate surface area is 280 Å². The third kappa shape index (κ3) is 31.6. The van der Waals surface area contributed by atoms with Gasteiger partial charge in [0.25, 0.3) is 0 Å². The molecule has 0 saturated heterocycles. The van der Waals surface area contributed by atoms with Crippen LogP contribution in [0.25, 0.3) is 0 Å². The molecule has 0 radical (unpaired) electrons. The monoisotopic (exact) mass is 679 g/mol. The number of aliphatic carboxylic acids is 1. The second-order valence-corrected chi connectivity index (χ2v) is 14.2. The summed E-state index contributed by atoms with van der Waals surface area (Å²) in [5.74, 6) is -1.77. The zero-order valence-electron chi connectivity index (χ0n) is 29.4. The fourth-order valence-corrected chi connectivity index (χ4v) is 5.97.